The van der Waals surface area contributed by atoms with Crippen LogP contribution in [0.15, 0.2) is 47.4 Å². The number of nitrogens with one attached hydrogen (secondary N) is 2. The second kappa shape index (κ2) is 8.42. The van der Waals surface area contributed by atoms with E-state index in [-0.39, 0.29) is 28.2 Å². The summed E-state index contributed by atoms with van der Waals surface area (Å²) in [6.45, 7) is 1.20. The molecule has 0 atom stereocenters. The van der Waals surface area contributed by atoms with Crippen molar-refractivity contribution in [1.29, 1.82) is 0 Å². The summed E-state index contributed by atoms with van der Waals surface area (Å²) >= 11 is 5.61. The first kappa shape index (κ1) is 21.1. The van der Waals surface area contributed by atoms with Crippen LogP contribution in [0, 0.1) is 17.0 Å². The normalized spacial score (nSPS) is 11.1. The molecular weight excluding hydrogens is 438 g/mol. The molecule has 0 radical (unpaired) electrons. The maximum Gasteiger partial charge on any atom is 0.345 e. The van der Waals surface area contributed by atoms with Crippen molar-refractivity contribution in [2.45, 2.75) is 18.4 Å². The van der Waals surface area contributed by atoms with Crippen LogP contribution in [0.3, 0.4) is 0 Å². The molecular formula is C16H14ClN7O5S. The molecule has 0 unspecified atom stereocenters. The number of amides is 1. The lowest BCUT2D eigenvalue weighted by Gasteiger charge is -2.08. The molecule has 0 fully saturated rings. The van der Waals surface area contributed by atoms with Crippen LogP contribution in [0.5, 0.6) is 0 Å². The summed E-state index contributed by atoms with van der Waals surface area (Å²) in [5.74, 6) is -0.875. The molecule has 2 N–H and O–H groups in total. The van der Waals surface area contributed by atoms with Gasteiger partial charge in [0.2, 0.25) is 0 Å². The van der Waals surface area contributed by atoms with Gasteiger partial charge in [0, 0.05) is 5.69 Å². The quantitative estimate of drug-likeness (QED) is 0.407. The van der Waals surface area contributed by atoms with Gasteiger partial charge in [0.1, 0.15) is 0 Å². The van der Waals surface area contributed by atoms with E-state index in [2.05, 4.69) is 25.3 Å². The van der Waals surface area contributed by atoms with Crippen LogP contribution in [0.25, 0.3) is 0 Å². The molecule has 0 saturated carbocycles. The van der Waals surface area contributed by atoms with E-state index < -0.39 is 20.9 Å². The van der Waals surface area contributed by atoms with Gasteiger partial charge in [-0.05, 0) is 48.2 Å². The van der Waals surface area contributed by atoms with Gasteiger partial charge in [-0.1, -0.05) is 16.7 Å². The Morgan fingerprint density at radius 3 is 2.50 bits per heavy atom. The fraction of sp³-hybridized carbons (Fsp3) is 0.125. The molecule has 2 heterocycles. The predicted octanol–water partition coefficient (Wildman–Crippen LogP) is 1.98. The van der Waals surface area contributed by atoms with E-state index >= 15 is 0 Å². The molecule has 0 aliphatic carbocycles. The van der Waals surface area contributed by atoms with Gasteiger partial charge in [-0.15, -0.1) is 14.9 Å². The number of nitro groups is 1. The molecule has 30 heavy (non-hydrogen) atoms. The summed E-state index contributed by atoms with van der Waals surface area (Å²) in [4.78, 5) is 22.4. The first-order valence-corrected chi connectivity index (χ1v) is 10.1. The third kappa shape index (κ3) is 5.07. The lowest BCUT2D eigenvalue weighted by molar-refractivity contribution is -0.392. The third-order valence-electron chi connectivity index (χ3n) is 3.68. The van der Waals surface area contributed by atoms with Crippen molar-refractivity contribution in [3.05, 3.63) is 63.4 Å². The van der Waals surface area contributed by atoms with E-state index in [1.165, 1.54) is 42.5 Å². The molecule has 3 aromatic rings. The average Bonchev–Trinajstić information content (AvgIpc) is 3.04. The molecule has 0 bridgehead atoms. The van der Waals surface area contributed by atoms with Crippen LogP contribution >= 0.6 is 11.6 Å². The summed E-state index contributed by atoms with van der Waals surface area (Å²) in [6, 6.07) is 9.31. The Bertz CT molecular complexity index is 1190. The zero-order valence-electron chi connectivity index (χ0n) is 15.3. The lowest BCUT2D eigenvalue weighted by atomic mass is 10.3. The minimum absolute atomic E-state index is 0.00658. The van der Waals surface area contributed by atoms with E-state index in [0.29, 0.717) is 11.4 Å². The Labute approximate surface area is 175 Å². The van der Waals surface area contributed by atoms with E-state index in [0.717, 1.165) is 4.68 Å². The number of aryl methyl sites for hydroxylation is 1. The van der Waals surface area contributed by atoms with Crippen LogP contribution in [0.1, 0.15) is 5.69 Å². The lowest BCUT2D eigenvalue weighted by Crippen LogP contribution is -2.20. The summed E-state index contributed by atoms with van der Waals surface area (Å²) in [5, 5.41) is 24.7. The second-order valence-electron chi connectivity index (χ2n) is 5.98. The number of nitrogens with zero attached hydrogens (tertiary/aromatic N) is 5. The smallest absolute Gasteiger partial charge is 0.345 e. The number of hydrogen-bond acceptors (Lipinski definition) is 8. The number of carbonyl (C=O) groups excluding carboxylic acids is 1. The maximum absolute atomic E-state index is 12.4. The molecule has 2 aromatic heterocycles. The van der Waals surface area contributed by atoms with Gasteiger partial charge in [-0.2, -0.15) is 0 Å². The van der Waals surface area contributed by atoms with Crippen LogP contribution in [0.2, 0.25) is 5.15 Å². The van der Waals surface area contributed by atoms with Crippen molar-refractivity contribution < 1.29 is 18.1 Å². The van der Waals surface area contributed by atoms with Gasteiger partial charge in [0.05, 0.1) is 16.7 Å². The van der Waals surface area contributed by atoms with Gasteiger partial charge in [0.25, 0.3) is 15.9 Å². The van der Waals surface area contributed by atoms with Gasteiger partial charge in [-0.3, -0.25) is 9.52 Å². The minimum atomic E-state index is -3.93. The van der Waals surface area contributed by atoms with Crippen molar-refractivity contribution >= 4 is 44.9 Å². The first-order chi connectivity index (χ1) is 14.1. The minimum Gasteiger partial charge on any atom is -0.358 e. The van der Waals surface area contributed by atoms with Crippen molar-refractivity contribution in [2.24, 2.45) is 0 Å². The maximum atomic E-state index is 12.4. The number of hydrogen-bond donors (Lipinski definition) is 2. The molecule has 156 valence electrons. The average molecular weight is 452 g/mol. The molecule has 1 aromatic carbocycles. The highest BCUT2D eigenvalue weighted by molar-refractivity contribution is 7.92. The van der Waals surface area contributed by atoms with Crippen LogP contribution < -0.4 is 10.0 Å². The largest absolute Gasteiger partial charge is 0.358 e. The molecule has 3 rings (SSSR count). The van der Waals surface area contributed by atoms with Crippen LogP contribution in [0.4, 0.5) is 17.3 Å². The monoisotopic (exact) mass is 451 g/mol. The first-order valence-electron chi connectivity index (χ1n) is 8.25. The standard InChI is InChI=1S/C16H14ClN7O5S/c1-10-8-16(24(26)27)23(21-10)9-15(25)18-11-2-4-12(5-3-11)30(28,29)22-14-7-6-13(17)19-20-14/h2-8H,9H2,1H3,(H,18,25)(H,20,22). The van der Waals surface area contributed by atoms with E-state index in [1.54, 1.807) is 6.92 Å². The Hall–Kier alpha value is -3.58. The van der Waals surface area contributed by atoms with Gasteiger partial charge < -0.3 is 15.4 Å². The Morgan fingerprint density at radius 1 is 1.20 bits per heavy atom. The van der Waals surface area contributed by atoms with Gasteiger partial charge in [0.15, 0.2) is 17.5 Å². The predicted molar refractivity (Wildman–Crippen MR) is 107 cm³/mol. The molecule has 0 spiro atoms. The fourth-order valence-corrected chi connectivity index (χ4v) is 3.51. The van der Waals surface area contributed by atoms with E-state index in [9.17, 15) is 23.3 Å². The summed E-state index contributed by atoms with van der Waals surface area (Å²) in [7, 11) is -3.93. The zero-order chi connectivity index (χ0) is 21.9. The number of halogens is 1. The summed E-state index contributed by atoms with van der Waals surface area (Å²) < 4.78 is 28.0. The molecule has 14 heteroatoms. The van der Waals surface area contributed by atoms with Crippen LogP contribution in [-0.2, 0) is 21.4 Å². The summed E-state index contributed by atoms with van der Waals surface area (Å²) in [6.07, 6.45) is 0. The van der Waals surface area contributed by atoms with Gasteiger partial charge in [-0.25, -0.2) is 8.42 Å². The molecule has 1 amide bonds. The second-order valence-corrected chi connectivity index (χ2v) is 8.05. The Balaban J connectivity index is 1.67. The molecule has 0 aliphatic heterocycles. The van der Waals surface area contributed by atoms with E-state index in [1.807, 2.05) is 0 Å². The summed E-state index contributed by atoms with van der Waals surface area (Å²) in [5.41, 5.74) is 0.707. The highest BCUT2D eigenvalue weighted by atomic mass is 35.5. The third-order valence-corrected chi connectivity index (χ3v) is 5.25. The number of aromatic nitrogens is 4. The van der Waals surface area contributed by atoms with Crippen LogP contribution in [-0.4, -0.2) is 39.2 Å². The number of carbonyl (C=O) groups is 1. The van der Waals surface area contributed by atoms with Gasteiger partial charge >= 0.3 is 5.82 Å². The Morgan fingerprint density at radius 2 is 1.90 bits per heavy atom. The van der Waals surface area contributed by atoms with E-state index in [4.69, 9.17) is 11.6 Å². The number of anilines is 2. The van der Waals surface area contributed by atoms with Crippen molar-refractivity contribution in [1.82, 2.24) is 20.0 Å². The SMILES string of the molecule is Cc1cc([N+](=O)[O-])n(CC(=O)Nc2ccc(S(=O)(=O)Nc3ccc(Cl)nn3)cc2)n1. The van der Waals surface area contributed by atoms with Crippen molar-refractivity contribution in [2.75, 3.05) is 10.0 Å². The fourth-order valence-electron chi connectivity index (χ4n) is 2.42. The zero-order valence-corrected chi connectivity index (χ0v) is 16.9. The Kier molecular flexibility index (Phi) is 5.94. The number of benzene rings is 1. The highest BCUT2D eigenvalue weighted by Gasteiger charge is 2.20. The molecule has 0 saturated heterocycles. The molecule has 12 nitrogen and oxygen atoms in total. The number of sulfonamides is 1. The number of rotatable bonds is 7. The molecule has 0 aliphatic rings. The topological polar surface area (TPSA) is 162 Å². The van der Waals surface area contributed by atoms with Crippen molar-refractivity contribution in [3.63, 3.8) is 0 Å². The highest BCUT2D eigenvalue weighted by Crippen LogP contribution is 2.18. The van der Waals surface area contributed by atoms with Crippen molar-refractivity contribution in [3.8, 4) is 0 Å².